The van der Waals surface area contributed by atoms with Crippen molar-refractivity contribution in [3.63, 3.8) is 0 Å². The Kier molecular flexibility index (Phi) is 9.33. The Morgan fingerprint density at radius 2 is 0.981 bits per heavy atom. The van der Waals surface area contributed by atoms with E-state index < -0.39 is 0 Å². The molecule has 2 nitrogen and oxygen atoms in total. The summed E-state index contributed by atoms with van der Waals surface area (Å²) in [7, 11) is 0. The fourth-order valence-corrected chi connectivity index (χ4v) is 8.54. The maximum absolute atomic E-state index is 3.98. The summed E-state index contributed by atoms with van der Waals surface area (Å²) in [5.74, 6) is 0. The maximum atomic E-state index is 3.98. The van der Waals surface area contributed by atoms with E-state index in [1.165, 1.54) is 38.9 Å². The summed E-state index contributed by atoms with van der Waals surface area (Å²) < 4.78 is 2.04. The fourth-order valence-electron chi connectivity index (χ4n) is 7.57. The van der Waals surface area contributed by atoms with Crippen LogP contribution >= 0.6 is 31.9 Å². The molecule has 0 bridgehead atoms. The Morgan fingerprint density at radius 3 is 1.56 bits per heavy atom. The molecule has 6 aromatic rings. The second kappa shape index (κ2) is 13.4. The summed E-state index contributed by atoms with van der Waals surface area (Å²) in [4.78, 5) is 4.78. The van der Waals surface area contributed by atoms with Crippen molar-refractivity contribution in [2.45, 2.75) is 78.6 Å². The van der Waals surface area contributed by atoms with Crippen molar-refractivity contribution in [1.29, 1.82) is 0 Å². The van der Waals surface area contributed by atoms with Crippen LogP contribution in [0.25, 0.3) is 11.1 Å². The Bertz CT molecular complexity index is 2210. The number of benzene rings is 6. The van der Waals surface area contributed by atoms with Gasteiger partial charge in [0, 0.05) is 38.3 Å². The monoisotopic (exact) mass is 810 g/mol. The molecule has 4 heteroatoms. The standard InChI is InChI=1S/C48H48Br2N2/c1-31-27-43(49)45(50)44(28-31)52(38-25-26-40-39-15-10-11-16-41(39)48(8,9)42(40)30-38)37-14-12-13-36(29-37)51(34-21-17-32(18-22-34)46(2,3)4)35-23-19-33(20-24-35)47(5,6)7/h10-30H,1-9H3. The van der Waals surface area contributed by atoms with Crippen molar-refractivity contribution < 1.29 is 0 Å². The zero-order valence-electron chi connectivity index (χ0n) is 31.8. The smallest absolute Gasteiger partial charge is 0.0617 e. The largest absolute Gasteiger partial charge is 0.310 e. The lowest BCUT2D eigenvalue weighted by Gasteiger charge is -2.31. The number of anilines is 6. The molecule has 7 rings (SSSR count). The van der Waals surface area contributed by atoms with Crippen LogP contribution < -0.4 is 9.80 Å². The molecule has 6 aromatic carbocycles. The third-order valence-electron chi connectivity index (χ3n) is 10.5. The van der Waals surface area contributed by atoms with Crippen LogP contribution in [0.5, 0.6) is 0 Å². The number of rotatable bonds is 6. The van der Waals surface area contributed by atoms with Crippen LogP contribution in [0.4, 0.5) is 34.1 Å². The first-order valence-electron chi connectivity index (χ1n) is 18.2. The van der Waals surface area contributed by atoms with E-state index in [2.05, 4.69) is 231 Å². The van der Waals surface area contributed by atoms with Crippen molar-refractivity contribution in [3.8, 4) is 11.1 Å². The molecule has 0 aliphatic heterocycles. The van der Waals surface area contributed by atoms with Crippen LogP contribution in [0.3, 0.4) is 0 Å². The normalized spacial score (nSPS) is 13.4. The second-order valence-corrected chi connectivity index (χ2v) is 18.4. The molecule has 0 saturated carbocycles. The van der Waals surface area contributed by atoms with Crippen LogP contribution in [0.1, 0.15) is 83.2 Å². The molecule has 0 atom stereocenters. The lowest BCUT2D eigenvalue weighted by molar-refractivity contribution is 0.590. The number of hydrogen-bond acceptors (Lipinski definition) is 2. The molecule has 0 radical (unpaired) electrons. The van der Waals surface area contributed by atoms with Gasteiger partial charge in [0.1, 0.15) is 0 Å². The zero-order valence-corrected chi connectivity index (χ0v) is 34.9. The van der Waals surface area contributed by atoms with Crippen molar-refractivity contribution in [2.24, 2.45) is 0 Å². The lowest BCUT2D eigenvalue weighted by atomic mass is 9.82. The van der Waals surface area contributed by atoms with Gasteiger partial charge in [0.05, 0.1) is 10.2 Å². The molecular weight excluding hydrogens is 764 g/mol. The molecule has 52 heavy (non-hydrogen) atoms. The van der Waals surface area contributed by atoms with E-state index in [4.69, 9.17) is 0 Å². The minimum absolute atomic E-state index is 0.0689. The summed E-state index contributed by atoms with van der Waals surface area (Å²) in [6.45, 7) is 20.5. The average molecular weight is 813 g/mol. The average Bonchev–Trinajstić information content (AvgIpc) is 3.33. The lowest BCUT2D eigenvalue weighted by Crippen LogP contribution is -2.17. The van der Waals surface area contributed by atoms with Gasteiger partial charge in [-0.1, -0.05) is 116 Å². The number of hydrogen-bond donors (Lipinski definition) is 0. The van der Waals surface area contributed by atoms with E-state index in [-0.39, 0.29) is 16.2 Å². The van der Waals surface area contributed by atoms with Gasteiger partial charge in [0.25, 0.3) is 0 Å². The van der Waals surface area contributed by atoms with Gasteiger partial charge < -0.3 is 9.80 Å². The fraction of sp³-hybridized carbons (Fsp3) is 0.250. The van der Waals surface area contributed by atoms with E-state index in [9.17, 15) is 0 Å². The summed E-state index contributed by atoms with van der Waals surface area (Å²) in [6, 6.07) is 47.4. The first-order valence-corrected chi connectivity index (χ1v) is 19.7. The highest BCUT2D eigenvalue weighted by atomic mass is 79.9. The van der Waals surface area contributed by atoms with E-state index in [0.29, 0.717) is 0 Å². The SMILES string of the molecule is Cc1cc(Br)c(Br)c(N(c2cccc(N(c3ccc(C(C)(C)C)cc3)c3ccc(C(C)(C)C)cc3)c2)c2ccc3c(c2)C(C)(C)c2ccccc2-3)c1. The van der Waals surface area contributed by atoms with Crippen molar-refractivity contribution in [1.82, 2.24) is 0 Å². The number of fused-ring (bicyclic) bond motifs is 3. The van der Waals surface area contributed by atoms with Gasteiger partial charge in [-0.2, -0.15) is 0 Å². The molecule has 1 aliphatic rings. The molecule has 0 heterocycles. The first kappa shape index (κ1) is 36.2. The molecule has 264 valence electrons. The molecule has 0 N–H and O–H groups in total. The highest BCUT2D eigenvalue weighted by Crippen LogP contribution is 2.52. The Hall–Kier alpha value is -4.12. The van der Waals surface area contributed by atoms with Crippen LogP contribution in [0.2, 0.25) is 0 Å². The summed E-state index contributed by atoms with van der Waals surface area (Å²) in [5, 5.41) is 0. The van der Waals surface area contributed by atoms with Crippen LogP contribution in [-0.2, 0) is 16.2 Å². The third kappa shape index (κ3) is 6.65. The van der Waals surface area contributed by atoms with Crippen LogP contribution in [0, 0.1) is 6.92 Å². The number of aryl methyl sites for hydroxylation is 1. The Labute approximate surface area is 327 Å². The summed E-state index contributed by atoms with van der Waals surface area (Å²) in [6.07, 6.45) is 0. The van der Waals surface area contributed by atoms with Gasteiger partial charge in [-0.3, -0.25) is 0 Å². The molecule has 0 spiro atoms. The van der Waals surface area contributed by atoms with Gasteiger partial charge >= 0.3 is 0 Å². The predicted molar refractivity (Wildman–Crippen MR) is 231 cm³/mol. The van der Waals surface area contributed by atoms with Crippen molar-refractivity contribution in [3.05, 3.63) is 164 Å². The highest BCUT2D eigenvalue weighted by Gasteiger charge is 2.36. The molecule has 1 aliphatic carbocycles. The summed E-state index contributed by atoms with van der Waals surface area (Å²) in [5.41, 5.74) is 15.8. The predicted octanol–water partition coefficient (Wildman–Crippen LogP) is 15.4. The van der Waals surface area contributed by atoms with Gasteiger partial charge in [0.15, 0.2) is 0 Å². The van der Waals surface area contributed by atoms with Gasteiger partial charge in [-0.15, -0.1) is 0 Å². The molecular formula is C48H48Br2N2. The molecule has 0 amide bonds. The molecule has 0 fully saturated rings. The second-order valence-electron chi connectivity index (χ2n) is 16.8. The van der Waals surface area contributed by atoms with E-state index in [1.807, 2.05) is 0 Å². The molecule has 0 saturated heterocycles. The van der Waals surface area contributed by atoms with Gasteiger partial charge in [0.2, 0.25) is 0 Å². The van der Waals surface area contributed by atoms with E-state index in [0.717, 1.165) is 43.1 Å². The van der Waals surface area contributed by atoms with Gasteiger partial charge in [-0.05, 0) is 155 Å². The topological polar surface area (TPSA) is 6.48 Å². The maximum Gasteiger partial charge on any atom is 0.0617 e. The number of halogens is 2. The Morgan fingerprint density at radius 1 is 0.481 bits per heavy atom. The third-order valence-corrected chi connectivity index (χ3v) is 12.5. The number of nitrogens with zero attached hydrogens (tertiary/aromatic N) is 2. The Balaban J connectivity index is 1.42. The quantitative estimate of drug-likeness (QED) is 0.165. The minimum atomic E-state index is -0.116. The van der Waals surface area contributed by atoms with E-state index in [1.54, 1.807) is 0 Å². The van der Waals surface area contributed by atoms with Crippen LogP contribution in [-0.4, -0.2) is 0 Å². The van der Waals surface area contributed by atoms with E-state index >= 15 is 0 Å². The van der Waals surface area contributed by atoms with Crippen molar-refractivity contribution in [2.75, 3.05) is 9.80 Å². The minimum Gasteiger partial charge on any atom is -0.310 e. The van der Waals surface area contributed by atoms with Crippen molar-refractivity contribution >= 4 is 66.0 Å². The highest BCUT2D eigenvalue weighted by molar-refractivity contribution is 9.13. The first-order chi connectivity index (χ1) is 24.5. The summed E-state index contributed by atoms with van der Waals surface area (Å²) >= 11 is 7.84. The molecule has 0 unspecified atom stereocenters. The van der Waals surface area contributed by atoms with Crippen LogP contribution in [0.15, 0.2) is 136 Å². The van der Waals surface area contributed by atoms with Gasteiger partial charge in [-0.25, -0.2) is 0 Å². The zero-order chi connectivity index (χ0) is 37.2. The molecule has 0 aromatic heterocycles.